The van der Waals surface area contributed by atoms with Gasteiger partial charge in [0.1, 0.15) is 11.6 Å². The van der Waals surface area contributed by atoms with Gasteiger partial charge < -0.3 is 18.3 Å². The van der Waals surface area contributed by atoms with Crippen LogP contribution in [0.3, 0.4) is 0 Å². The van der Waals surface area contributed by atoms with Crippen LogP contribution in [0, 0.1) is 18.3 Å². The minimum atomic E-state index is -4.58. The maximum Gasteiger partial charge on any atom is 0.416 e. The van der Waals surface area contributed by atoms with Gasteiger partial charge in [-0.05, 0) is 167 Å². The molecule has 8 heteroatoms. The van der Waals surface area contributed by atoms with Crippen LogP contribution in [-0.4, -0.2) is 18.3 Å². The standard InChI is InChI=1S/C75H46F3N5/c1-46-36-51(38-53(37-46)75(76,77)78)52-43-73(82-67-26-14-10-22-58(67)62-41-49(30-34-71(62)82)47-28-32-69-60(39-47)56-20-8-12-24-65(56)80(69)54-16-4-2-5-17-54)64(45-79)74(44-52)83-68-27-15-11-23-59(68)63-42-50(31-35-72(63)83)48-29-33-70-61(40-48)57-21-9-13-25-66(57)81(70)55-18-6-3-7-19-55/h2-44H,1H3. The van der Waals surface area contributed by atoms with Crippen molar-refractivity contribution < 1.29 is 13.2 Å². The Hall–Kier alpha value is -10.9. The molecule has 0 unspecified atom stereocenters. The maximum atomic E-state index is 14.8. The second-order valence-corrected chi connectivity index (χ2v) is 21.6. The molecule has 0 radical (unpaired) electrons. The molecule has 0 aliphatic rings. The van der Waals surface area contributed by atoms with Gasteiger partial charge in [0.25, 0.3) is 0 Å². The normalized spacial score (nSPS) is 12.1. The summed E-state index contributed by atoms with van der Waals surface area (Å²) in [4.78, 5) is 0. The summed E-state index contributed by atoms with van der Waals surface area (Å²) >= 11 is 0. The number of para-hydroxylation sites is 6. The van der Waals surface area contributed by atoms with Crippen molar-refractivity contribution in [1.82, 2.24) is 18.3 Å². The second kappa shape index (κ2) is 18.3. The molecular weight excluding hydrogens is 1030 g/mol. The minimum absolute atomic E-state index is 0.372. The van der Waals surface area contributed by atoms with Gasteiger partial charge in [0.15, 0.2) is 0 Å². The molecule has 392 valence electrons. The van der Waals surface area contributed by atoms with E-state index >= 15 is 0 Å². The fourth-order valence-corrected chi connectivity index (χ4v) is 13.2. The Morgan fingerprint density at radius 3 is 0.976 bits per heavy atom. The summed E-state index contributed by atoms with van der Waals surface area (Å²) in [6.07, 6.45) is -4.58. The van der Waals surface area contributed by atoms with Crippen LogP contribution in [-0.2, 0) is 6.18 Å². The van der Waals surface area contributed by atoms with Crippen LogP contribution in [0.25, 0.3) is 143 Å². The van der Waals surface area contributed by atoms with Gasteiger partial charge >= 0.3 is 6.18 Å². The number of aromatic nitrogens is 4. The van der Waals surface area contributed by atoms with Gasteiger partial charge in [0.05, 0.1) is 61.1 Å². The third-order valence-corrected chi connectivity index (χ3v) is 16.8. The number of benzene rings is 12. The van der Waals surface area contributed by atoms with Crippen LogP contribution in [0.5, 0.6) is 0 Å². The van der Waals surface area contributed by atoms with Crippen molar-refractivity contribution in [3.63, 3.8) is 0 Å². The first-order valence-electron chi connectivity index (χ1n) is 27.7. The van der Waals surface area contributed by atoms with E-state index in [1.54, 1.807) is 13.0 Å². The Morgan fingerprint density at radius 1 is 0.301 bits per heavy atom. The zero-order chi connectivity index (χ0) is 55.7. The highest BCUT2D eigenvalue weighted by atomic mass is 19.4. The first-order chi connectivity index (χ1) is 40.7. The van der Waals surface area contributed by atoms with E-state index in [-0.39, 0.29) is 0 Å². The molecule has 0 amide bonds. The van der Waals surface area contributed by atoms with E-state index in [1.807, 2.05) is 48.5 Å². The molecule has 0 N–H and O–H groups in total. The molecule has 0 saturated carbocycles. The molecule has 0 aliphatic carbocycles. The number of fused-ring (bicyclic) bond motifs is 12. The van der Waals surface area contributed by atoms with Gasteiger partial charge in [0.2, 0.25) is 0 Å². The molecule has 0 atom stereocenters. The van der Waals surface area contributed by atoms with E-state index in [0.29, 0.717) is 33.6 Å². The van der Waals surface area contributed by atoms with Crippen LogP contribution >= 0.6 is 0 Å². The molecule has 0 saturated heterocycles. The van der Waals surface area contributed by atoms with E-state index in [4.69, 9.17) is 0 Å². The van der Waals surface area contributed by atoms with E-state index in [1.165, 1.54) is 12.1 Å². The zero-order valence-corrected chi connectivity index (χ0v) is 44.7. The van der Waals surface area contributed by atoms with Gasteiger partial charge in [0, 0.05) is 54.5 Å². The average Bonchev–Trinajstić information content (AvgIpc) is 2.34. The first-order valence-corrected chi connectivity index (χ1v) is 27.7. The molecule has 4 heterocycles. The lowest BCUT2D eigenvalue weighted by Gasteiger charge is -2.19. The summed E-state index contributed by atoms with van der Waals surface area (Å²) in [5, 5.41) is 20.3. The number of nitrogens with zero attached hydrogens (tertiary/aromatic N) is 5. The number of hydrogen-bond acceptors (Lipinski definition) is 1. The Labute approximate surface area is 474 Å². The molecule has 4 aromatic heterocycles. The van der Waals surface area contributed by atoms with Crippen molar-refractivity contribution in [2.75, 3.05) is 0 Å². The summed E-state index contributed by atoms with van der Waals surface area (Å²) in [7, 11) is 0. The molecule has 16 aromatic rings. The maximum absolute atomic E-state index is 14.8. The average molecular weight is 1070 g/mol. The van der Waals surface area contributed by atoms with E-state index in [2.05, 4.69) is 218 Å². The van der Waals surface area contributed by atoms with Crippen molar-refractivity contribution in [2.24, 2.45) is 0 Å². The van der Waals surface area contributed by atoms with Crippen LogP contribution < -0.4 is 0 Å². The van der Waals surface area contributed by atoms with Crippen LogP contribution in [0.1, 0.15) is 16.7 Å². The predicted octanol–water partition coefficient (Wildman–Crippen LogP) is 20.3. The summed E-state index contributed by atoms with van der Waals surface area (Å²) in [5.74, 6) is 0. The van der Waals surface area contributed by atoms with Crippen molar-refractivity contribution in [1.29, 1.82) is 5.26 Å². The van der Waals surface area contributed by atoms with Crippen LogP contribution in [0.15, 0.2) is 261 Å². The van der Waals surface area contributed by atoms with Gasteiger partial charge in [-0.25, -0.2) is 0 Å². The summed E-state index contributed by atoms with van der Waals surface area (Å²) in [5.41, 5.74) is 16.4. The fraction of sp³-hybridized carbons (Fsp3) is 0.0267. The van der Waals surface area contributed by atoms with Crippen LogP contribution in [0.4, 0.5) is 13.2 Å². The molecule has 16 rings (SSSR count). The zero-order valence-electron chi connectivity index (χ0n) is 44.7. The smallest absolute Gasteiger partial charge is 0.309 e. The topological polar surface area (TPSA) is 43.5 Å². The third kappa shape index (κ3) is 7.48. The van der Waals surface area contributed by atoms with Crippen molar-refractivity contribution >= 4 is 87.2 Å². The number of hydrogen-bond donors (Lipinski definition) is 0. The SMILES string of the molecule is Cc1cc(-c2cc(-n3c4ccccc4c4cc(-c5ccc6c(c5)c5ccccc5n6-c5ccccc5)ccc43)c(C#N)c(-n3c4ccccc4c4cc(-c5ccc6c(c5)c5ccccc5n6-c5ccccc5)ccc43)c2)cc(C(F)(F)F)c1. The van der Waals surface area contributed by atoms with Gasteiger partial charge in [-0.1, -0.05) is 140 Å². The largest absolute Gasteiger partial charge is 0.416 e. The highest BCUT2D eigenvalue weighted by Crippen LogP contribution is 2.45. The number of halogens is 3. The minimum Gasteiger partial charge on any atom is -0.309 e. The van der Waals surface area contributed by atoms with Gasteiger partial charge in [-0.3, -0.25) is 0 Å². The quantitative estimate of drug-likeness (QED) is 0.157. The van der Waals surface area contributed by atoms with E-state index in [0.717, 1.165) is 121 Å². The van der Waals surface area contributed by atoms with E-state index < -0.39 is 11.7 Å². The molecule has 0 fully saturated rings. The first kappa shape index (κ1) is 48.1. The number of alkyl halides is 3. The molecule has 12 aromatic carbocycles. The third-order valence-electron chi connectivity index (χ3n) is 16.8. The molecule has 83 heavy (non-hydrogen) atoms. The summed E-state index contributed by atoms with van der Waals surface area (Å²) < 4.78 is 53.2. The Bertz CT molecular complexity index is 5100. The predicted molar refractivity (Wildman–Crippen MR) is 335 cm³/mol. The lowest BCUT2D eigenvalue weighted by atomic mass is 9.96. The fourth-order valence-electron chi connectivity index (χ4n) is 13.2. The molecule has 0 bridgehead atoms. The van der Waals surface area contributed by atoms with Gasteiger partial charge in [-0.2, -0.15) is 18.4 Å². The van der Waals surface area contributed by atoms with Crippen molar-refractivity contribution in [3.05, 3.63) is 278 Å². The lowest BCUT2D eigenvalue weighted by molar-refractivity contribution is -0.137. The summed E-state index contributed by atoms with van der Waals surface area (Å²) in [6.45, 7) is 1.69. The van der Waals surface area contributed by atoms with Crippen molar-refractivity contribution in [2.45, 2.75) is 13.1 Å². The second-order valence-electron chi connectivity index (χ2n) is 21.6. The van der Waals surface area contributed by atoms with E-state index in [9.17, 15) is 18.4 Å². The molecule has 0 aliphatic heterocycles. The number of rotatable bonds is 7. The van der Waals surface area contributed by atoms with Crippen LogP contribution in [0.2, 0.25) is 0 Å². The van der Waals surface area contributed by atoms with Gasteiger partial charge in [-0.15, -0.1) is 0 Å². The Balaban J connectivity index is 0.905. The lowest BCUT2D eigenvalue weighted by Crippen LogP contribution is -2.07. The number of nitriles is 1. The molecular formula is C75H46F3N5. The highest BCUT2D eigenvalue weighted by molar-refractivity contribution is 6.15. The Morgan fingerprint density at radius 2 is 0.614 bits per heavy atom. The monoisotopic (exact) mass is 1070 g/mol. The Kier molecular flexibility index (Phi) is 10.6. The summed E-state index contributed by atoms with van der Waals surface area (Å²) in [6, 6.07) is 91.1. The number of aryl methyl sites for hydroxylation is 1. The molecule has 5 nitrogen and oxygen atoms in total. The molecule has 0 spiro atoms. The van der Waals surface area contributed by atoms with Crippen molar-refractivity contribution in [3.8, 4) is 62.2 Å². The highest BCUT2D eigenvalue weighted by Gasteiger charge is 2.32.